The van der Waals surface area contributed by atoms with Crippen LogP contribution in [0.25, 0.3) is 0 Å². The smallest absolute Gasteiger partial charge is 0.138 e. The second-order valence-electron chi connectivity index (χ2n) is 4.00. The Labute approximate surface area is 101 Å². The van der Waals surface area contributed by atoms with E-state index in [1.54, 1.807) is 11.0 Å². The Morgan fingerprint density at radius 3 is 2.82 bits per heavy atom. The van der Waals surface area contributed by atoms with Crippen molar-refractivity contribution >= 4 is 0 Å². The zero-order valence-electron chi connectivity index (χ0n) is 10.5. The molecule has 0 aliphatic carbocycles. The van der Waals surface area contributed by atoms with Crippen molar-refractivity contribution in [1.82, 2.24) is 20.1 Å². The number of aryl methyl sites for hydroxylation is 2. The molecule has 2 aromatic heterocycles. The van der Waals surface area contributed by atoms with Crippen LogP contribution in [-0.2, 0) is 19.9 Å². The lowest BCUT2D eigenvalue weighted by Crippen LogP contribution is -2.20. The molecule has 0 bridgehead atoms. The first-order valence-corrected chi connectivity index (χ1v) is 5.83. The number of rotatable bonds is 5. The molecule has 1 N–H and O–H groups in total. The third kappa shape index (κ3) is 2.55. The van der Waals surface area contributed by atoms with Gasteiger partial charge in [-0.3, -0.25) is 4.68 Å². The number of nitrogens with one attached hydrogen (secondary N) is 1. The van der Waals surface area contributed by atoms with Gasteiger partial charge in [-0.1, -0.05) is 6.92 Å². The maximum absolute atomic E-state index is 5.75. The molecule has 0 aromatic carbocycles. The van der Waals surface area contributed by atoms with Gasteiger partial charge in [-0.05, 0) is 19.2 Å². The lowest BCUT2D eigenvalue weighted by Gasteiger charge is -2.12. The summed E-state index contributed by atoms with van der Waals surface area (Å²) in [4.78, 5) is 4.23. The summed E-state index contributed by atoms with van der Waals surface area (Å²) >= 11 is 0. The van der Waals surface area contributed by atoms with Gasteiger partial charge >= 0.3 is 0 Å². The van der Waals surface area contributed by atoms with E-state index >= 15 is 0 Å². The molecular formula is C12H18N4O. The SMILES string of the molecule is CCc1ccc(C(Cc2ncnn2C)NC)o1. The maximum atomic E-state index is 5.75. The van der Waals surface area contributed by atoms with Crippen LogP contribution in [0.4, 0.5) is 0 Å². The number of hydrogen-bond donors (Lipinski definition) is 1. The Bertz CT molecular complexity index is 474. The van der Waals surface area contributed by atoms with Crippen LogP contribution >= 0.6 is 0 Å². The third-order valence-electron chi connectivity index (χ3n) is 2.91. The van der Waals surface area contributed by atoms with Gasteiger partial charge in [0.05, 0.1) is 6.04 Å². The number of nitrogens with zero attached hydrogens (tertiary/aromatic N) is 3. The van der Waals surface area contributed by atoms with Crippen molar-refractivity contribution in [3.05, 3.63) is 35.8 Å². The minimum absolute atomic E-state index is 0.137. The summed E-state index contributed by atoms with van der Waals surface area (Å²) in [5.41, 5.74) is 0. The minimum Gasteiger partial charge on any atom is -0.464 e. The highest BCUT2D eigenvalue weighted by Crippen LogP contribution is 2.19. The molecule has 2 aromatic rings. The molecule has 1 atom stereocenters. The van der Waals surface area contributed by atoms with E-state index in [1.807, 2.05) is 26.2 Å². The summed E-state index contributed by atoms with van der Waals surface area (Å²) in [7, 11) is 3.82. The molecule has 5 heteroatoms. The van der Waals surface area contributed by atoms with Crippen LogP contribution in [-0.4, -0.2) is 21.8 Å². The van der Waals surface area contributed by atoms with Crippen LogP contribution in [0.2, 0.25) is 0 Å². The van der Waals surface area contributed by atoms with E-state index in [0.717, 1.165) is 30.2 Å². The summed E-state index contributed by atoms with van der Waals surface area (Å²) in [6.45, 7) is 2.08. The number of hydrogen-bond acceptors (Lipinski definition) is 4. The third-order valence-corrected chi connectivity index (χ3v) is 2.91. The average molecular weight is 234 g/mol. The van der Waals surface area contributed by atoms with Gasteiger partial charge < -0.3 is 9.73 Å². The Balaban J connectivity index is 2.14. The maximum Gasteiger partial charge on any atom is 0.138 e. The Hall–Kier alpha value is -1.62. The van der Waals surface area contributed by atoms with E-state index < -0.39 is 0 Å². The van der Waals surface area contributed by atoms with Crippen LogP contribution in [0.1, 0.15) is 30.3 Å². The molecular weight excluding hydrogens is 216 g/mol. The fraction of sp³-hybridized carbons (Fsp3) is 0.500. The van der Waals surface area contributed by atoms with Gasteiger partial charge in [-0.25, -0.2) is 4.98 Å². The van der Waals surface area contributed by atoms with Crippen LogP contribution in [0.3, 0.4) is 0 Å². The van der Waals surface area contributed by atoms with Gasteiger partial charge in [-0.2, -0.15) is 5.10 Å². The fourth-order valence-corrected chi connectivity index (χ4v) is 1.80. The summed E-state index contributed by atoms with van der Waals surface area (Å²) in [5.74, 6) is 2.91. The standard InChI is InChI=1S/C12H18N4O/c1-4-9-5-6-11(17-9)10(13-2)7-12-14-8-15-16(12)3/h5-6,8,10,13H,4,7H2,1-3H3. The van der Waals surface area contributed by atoms with E-state index in [2.05, 4.69) is 22.3 Å². The minimum atomic E-state index is 0.137. The first-order chi connectivity index (χ1) is 8.24. The van der Waals surface area contributed by atoms with E-state index in [4.69, 9.17) is 4.42 Å². The van der Waals surface area contributed by atoms with Crippen molar-refractivity contribution in [2.75, 3.05) is 7.05 Å². The van der Waals surface area contributed by atoms with Gasteiger partial charge in [-0.15, -0.1) is 0 Å². The number of likely N-dealkylation sites (N-methyl/N-ethyl adjacent to an activating group) is 1. The highest BCUT2D eigenvalue weighted by Gasteiger charge is 2.16. The zero-order chi connectivity index (χ0) is 12.3. The second-order valence-corrected chi connectivity index (χ2v) is 4.00. The molecule has 0 saturated carbocycles. The predicted octanol–water partition coefficient (Wildman–Crippen LogP) is 1.47. The van der Waals surface area contributed by atoms with Gasteiger partial charge in [0.1, 0.15) is 23.7 Å². The second kappa shape index (κ2) is 5.14. The molecule has 2 heterocycles. The average Bonchev–Trinajstić information content (AvgIpc) is 2.95. The number of aromatic nitrogens is 3. The molecule has 0 aliphatic rings. The summed E-state index contributed by atoms with van der Waals surface area (Å²) in [6.07, 6.45) is 3.26. The van der Waals surface area contributed by atoms with Gasteiger partial charge in [0.25, 0.3) is 0 Å². The summed E-state index contributed by atoms with van der Waals surface area (Å²) < 4.78 is 7.54. The lowest BCUT2D eigenvalue weighted by molar-refractivity contribution is 0.400. The summed E-state index contributed by atoms with van der Waals surface area (Å²) in [5, 5.41) is 7.31. The predicted molar refractivity (Wildman–Crippen MR) is 64.6 cm³/mol. The van der Waals surface area contributed by atoms with Crippen molar-refractivity contribution in [2.24, 2.45) is 7.05 Å². The normalized spacial score (nSPS) is 12.9. The van der Waals surface area contributed by atoms with Gasteiger partial charge in [0.2, 0.25) is 0 Å². The lowest BCUT2D eigenvalue weighted by atomic mass is 10.1. The van der Waals surface area contributed by atoms with E-state index in [0.29, 0.717) is 0 Å². The molecule has 92 valence electrons. The van der Waals surface area contributed by atoms with Gasteiger partial charge in [0.15, 0.2) is 0 Å². The molecule has 2 rings (SSSR count). The highest BCUT2D eigenvalue weighted by molar-refractivity contribution is 5.12. The molecule has 1 unspecified atom stereocenters. The van der Waals surface area contributed by atoms with Crippen LogP contribution in [0.5, 0.6) is 0 Å². The molecule has 0 fully saturated rings. The fourth-order valence-electron chi connectivity index (χ4n) is 1.80. The quantitative estimate of drug-likeness (QED) is 0.851. The summed E-state index contributed by atoms with van der Waals surface area (Å²) in [6, 6.07) is 4.19. The Morgan fingerprint density at radius 2 is 2.29 bits per heavy atom. The topological polar surface area (TPSA) is 55.9 Å². The monoisotopic (exact) mass is 234 g/mol. The molecule has 0 radical (unpaired) electrons. The molecule has 0 amide bonds. The Kier molecular flexibility index (Phi) is 3.58. The molecule has 0 aliphatic heterocycles. The van der Waals surface area contributed by atoms with Crippen molar-refractivity contribution < 1.29 is 4.42 Å². The van der Waals surface area contributed by atoms with Crippen LogP contribution in [0.15, 0.2) is 22.9 Å². The van der Waals surface area contributed by atoms with Crippen LogP contribution in [0, 0.1) is 0 Å². The van der Waals surface area contributed by atoms with E-state index in [1.165, 1.54) is 0 Å². The zero-order valence-corrected chi connectivity index (χ0v) is 10.5. The first kappa shape index (κ1) is 11.9. The van der Waals surface area contributed by atoms with Gasteiger partial charge in [0, 0.05) is 19.9 Å². The molecule has 17 heavy (non-hydrogen) atoms. The van der Waals surface area contributed by atoms with Crippen molar-refractivity contribution in [3.63, 3.8) is 0 Å². The van der Waals surface area contributed by atoms with Crippen molar-refractivity contribution in [1.29, 1.82) is 0 Å². The van der Waals surface area contributed by atoms with Crippen molar-refractivity contribution in [3.8, 4) is 0 Å². The number of furan rings is 1. The Morgan fingerprint density at radius 1 is 1.47 bits per heavy atom. The molecule has 0 saturated heterocycles. The molecule has 0 spiro atoms. The first-order valence-electron chi connectivity index (χ1n) is 5.83. The van der Waals surface area contributed by atoms with E-state index in [-0.39, 0.29) is 6.04 Å². The molecule has 5 nitrogen and oxygen atoms in total. The van der Waals surface area contributed by atoms with Crippen LogP contribution < -0.4 is 5.32 Å². The largest absolute Gasteiger partial charge is 0.464 e. The highest BCUT2D eigenvalue weighted by atomic mass is 16.3. The van der Waals surface area contributed by atoms with E-state index in [9.17, 15) is 0 Å². The van der Waals surface area contributed by atoms with Crippen molar-refractivity contribution in [2.45, 2.75) is 25.8 Å².